The summed E-state index contributed by atoms with van der Waals surface area (Å²) >= 11 is 0. The minimum atomic E-state index is 0.861. The van der Waals surface area contributed by atoms with Gasteiger partial charge >= 0.3 is 0 Å². The average molecular weight is 729 g/mol. The van der Waals surface area contributed by atoms with Crippen LogP contribution in [0.15, 0.2) is 223 Å². The van der Waals surface area contributed by atoms with Crippen LogP contribution in [0.2, 0.25) is 0 Å². The van der Waals surface area contributed by atoms with E-state index in [1.807, 2.05) is 12.1 Å². The van der Waals surface area contributed by atoms with Gasteiger partial charge in [0.1, 0.15) is 11.2 Å². The highest BCUT2D eigenvalue weighted by atomic mass is 16.3. The van der Waals surface area contributed by atoms with Gasteiger partial charge in [0.05, 0.1) is 11.0 Å². The highest BCUT2D eigenvalue weighted by Gasteiger charge is 2.21. The Morgan fingerprint density at radius 1 is 0.333 bits per heavy atom. The van der Waals surface area contributed by atoms with E-state index in [2.05, 4.69) is 216 Å². The maximum absolute atomic E-state index is 6.46. The van der Waals surface area contributed by atoms with Crippen LogP contribution in [0.25, 0.3) is 82.8 Å². The van der Waals surface area contributed by atoms with Crippen molar-refractivity contribution in [3.63, 3.8) is 0 Å². The molecule has 0 N–H and O–H groups in total. The highest BCUT2D eigenvalue weighted by molar-refractivity contribution is 6.16. The van der Waals surface area contributed by atoms with Crippen LogP contribution in [0.5, 0.6) is 0 Å². The molecule has 2 aromatic heterocycles. The summed E-state index contributed by atoms with van der Waals surface area (Å²) in [7, 11) is 0. The average Bonchev–Trinajstić information content (AvgIpc) is 3.83. The van der Waals surface area contributed by atoms with Gasteiger partial charge in [0.15, 0.2) is 0 Å². The topological polar surface area (TPSA) is 21.3 Å². The highest BCUT2D eigenvalue weighted by Crippen LogP contribution is 2.44. The summed E-state index contributed by atoms with van der Waals surface area (Å²) < 4.78 is 8.87. The molecule has 11 rings (SSSR count). The fourth-order valence-electron chi connectivity index (χ4n) is 8.54. The number of hydrogen-bond donors (Lipinski definition) is 0. The van der Waals surface area contributed by atoms with Crippen LogP contribution in [-0.2, 0) is 0 Å². The van der Waals surface area contributed by atoms with E-state index >= 15 is 0 Å². The van der Waals surface area contributed by atoms with Crippen LogP contribution in [0, 0.1) is 0 Å². The van der Waals surface area contributed by atoms with E-state index in [0.29, 0.717) is 0 Å². The fraction of sp³-hybridized carbons (Fsp3) is 0. The molecule has 0 unspecified atom stereocenters. The maximum atomic E-state index is 6.46. The van der Waals surface area contributed by atoms with Crippen molar-refractivity contribution < 1.29 is 4.42 Å². The molecule has 0 aliphatic rings. The lowest BCUT2D eigenvalue weighted by atomic mass is 9.96. The van der Waals surface area contributed by atoms with Crippen molar-refractivity contribution >= 4 is 60.8 Å². The quantitative estimate of drug-likeness (QED) is 0.163. The van der Waals surface area contributed by atoms with Crippen LogP contribution in [0.4, 0.5) is 17.1 Å². The third-order valence-electron chi connectivity index (χ3n) is 11.2. The first-order valence-corrected chi connectivity index (χ1v) is 19.4. The second kappa shape index (κ2) is 13.6. The molecule has 0 saturated heterocycles. The molecule has 9 aromatic carbocycles. The third kappa shape index (κ3) is 5.68. The Labute approximate surface area is 330 Å². The van der Waals surface area contributed by atoms with Crippen molar-refractivity contribution in [2.75, 3.05) is 4.90 Å². The first kappa shape index (κ1) is 32.8. The molecule has 0 atom stereocenters. The first-order chi connectivity index (χ1) is 28.3. The summed E-state index contributed by atoms with van der Waals surface area (Å²) in [6, 6.07) is 78.2. The maximum Gasteiger partial charge on any atom is 0.137 e. The minimum absolute atomic E-state index is 0.861. The molecule has 0 spiro atoms. The minimum Gasteiger partial charge on any atom is -0.456 e. The number of para-hydroxylation sites is 2. The van der Waals surface area contributed by atoms with E-state index in [9.17, 15) is 0 Å². The molecule has 0 saturated carbocycles. The Balaban J connectivity index is 1.15. The molecule has 3 nitrogen and oxygen atoms in total. The monoisotopic (exact) mass is 728 g/mol. The van der Waals surface area contributed by atoms with Crippen LogP contribution in [0.1, 0.15) is 0 Å². The van der Waals surface area contributed by atoms with Gasteiger partial charge in [-0.25, -0.2) is 0 Å². The lowest BCUT2D eigenvalue weighted by molar-refractivity contribution is 0.669. The van der Waals surface area contributed by atoms with E-state index in [1.165, 1.54) is 38.6 Å². The Hall–Kier alpha value is -7.62. The lowest BCUT2D eigenvalue weighted by Gasteiger charge is -2.26. The Morgan fingerprint density at radius 2 is 0.895 bits per heavy atom. The molecule has 2 heterocycles. The molecule has 0 radical (unpaired) electrons. The molecular weight excluding hydrogens is 693 g/mol. The molecule has 57 heavy (non-hydrogen) atoms. The van der Waals surface area contributed by atoms with Crippen molar-refractivity contribution in [2.24, 2.45) is 0 Å². The van der Waals surface area contributed by atoms with Crippen LogP contribution in [0.3, 0.4) is 0 Å². The van der Waals surface area contributed by atoms with Crippen LogP contribution in [-0.4, -0.2) is 4.57 Å². The number of nitrogens with zero attached hydrogens (tertiary/aromatic N) is 2. The lowest BCUT2D eigenvalue weighted by Crippen LogP contribution is -2.10. The van der Waals surface area contributed by atoms with Crippen molar-refractivity contribution in [3.05, 3.63) is 218 Å². The largest absolute Gasteiger partial charge is 0.456 e. The number of fused-ring (bicyclic) bond motifs is 6. The van der Waals surface area contributed by atoms with E-state index < -0.39 is 0 Å². The van der Waals surface area contributed by atoms with Gasteiger partial charge < -0.3 is 13.9 Å². The van der Waals surface area contributed by atoms with Gasteiger partial charge in [-0.2, -0.15) is 0 Å². The number of anilines is 3. The smallest absolute Gasteiger partial charge is 0.137 e. The van der Waals surface area contributed by atoms with Crippen LogP contribution >= 0.6 is 0 Å². The molecule has 3 heteroatoms. The molecule has 0 aliphatic carbocycles. The normalized spacial score (nSPS) is 11.5. The first-order valence-electron chi connectivity index (χ1n) is 19.4. The van der Waals surface area contributed by atoms with Crippen molar-refractivity contribution in [3.8, 4) is 39.1 Å². The summed E-state index contributed by atoms with van der Waals surface area (Å²) in [6.07, 6.45) is 0. The number of benzene rings is 9. The van der Waals surface area contributed by atoms with Gasteiger partial charge in [0.25, 0.3) is 0 Å². The zero-order valence-corrected chi connectivity index (χ0v) is 31.1. The van der Waals surface area contributed by atoms with Gasteiger partial charge in [0.2, 0.25) is 0 Å². The molecule has 0 bridgehead atoms. The Kier molecular flexibility index (Phi) is 7.82. The van der Waals surface area contributed by atoms with Gasteiger partial charge in [-0.3, -0.25) is 0 Å². The molecule has 11 aromatic rings. The van der Waals surface area contributed by atoms with E-state index in [-0.39, 0.29) is 0 Å². The second-order valence-electron chi connectivity index (χ2n) is 14.5. The predicted molar refractivity (Wildman–Crippen MR) is 239 cm³/mol. The van der Waals surface area contributed by atoms with Gasteiger partial charge in [-0.1, -0.05) is 146 Å². The third-order valence-corrected chi connectivity index (χ3v) is 11.2. The summed E-state index contributed by atoms with van der Waals surface area (Å²) in [5.74, 6) is 0. The van der Waals surface area contributed by atoms with Gasteiger partial charge in [0, 0.05) is 50.4 Å². The number of hydrogen-bond acceptors (Lipinski definition) is 2. The Morgan fingerprint density at radius 3 is 1.67 bits per heavy atom. The van der Waals surface area contributed by atoms with E-state index in [0.717, 1.165) is 61.3 Å². The van der Waals surface area contributed by atoms with Crippen LogP contribution < -0.4 is 4.90 Å². The second-order valence-corrected chi connectivity index (χ2v) is 14.5. The zero-order valence-electron chi connectivity index (χ0n) is 31.1. The molecular formula is C54H36N2O. The van der Waals surface area contributed by atoms with Crippen molar-refractivity contribution in [1.82, 2.24) is 4.57 Å². The summed E-state index contributed by atoms with van der Waals surface area (Å²) in [6.45, 7) is 0. The van der Waals surface area contributed by atoms with Gasteiger partial charge in [-0.05, 0) is 100 Å². The fourth-order valence-corrected chi connectivity index (χ4v) is 8.54. The predicted octanol–water partition coefficient (Wildman–Crippen LogP) is 15.2. The molecule has 0 fully saturated rings. The molecule has 268 valence electrons. The van der Waals surface area contributed by atoms with Gasteiger partial charge in [-0.15, -0.1) is 0 Å². The number of rotatable bonds is 7. The summed E-state index contributed by atoms with van der Waals surface area (Å²) in [5.41, 5.74) is 15.4. The van der Waals surface area contributed by atoms with Crippen molar-refractivity contribution in [1.29, 1.82) is 0 Å². The molecule has 0 aliphatic heterocycles. The van der Waals surface area contributed by atoms with E-state index in [4.69, 9.17) is 4.42 Å². The zero-order chi connectivity index (χ0) is 37.7. The number of furan rings is 1. The Bertz CT molecular complexity index is 3230. The number of aromatic nitrogens is 1. The van der Waals surface area contributed by atoms with E-state index in [1.54, 1.807) is 0 Å². The standard InChI is InChI=1S/C54H36N2O/c1-4-15-37(16-5-1)39-19-12-21-41(33-39)46-26-14-27-50-54(46)49-32-30-44(35-51(49)56(50)42-22-8-3-9-23-42)55(43-24-13-20-40(34-43)38-17-6-2-7-18-38)45-29-31-48-47-25-10-11-28-52(47)57-53(48)36-45/h1-36H. The van der Waals surface area contributed by atoms with Crippen molar-refractivity contribution in [2.45, 2.75) is 0 Å². The SMILES string of the molecule is c1ccc(-c2cccc(-c3cccc4c3c3ccc(N(c5cccc(-c6ccccc6)c5)c5ccc6c(c5)oc5ccccc56)cc3n4-c3ccccc3)c2)cc1. The molecule has 0 amide bonds. The summed E-state index contributed by atoms with van der Waals surface area (Å²) in [4.78, 5) is 2.36. The summed E-state index contributed by atoms with van der Waals surface area (Å²) in [5, 5.41) is 4.66.